The van der Waals surface area contributed by atoms with E-state index in [1.54, 1.807) is 13.0 Å². The fraction of sp³-hybridized carbons (Fsp3) is 0.583. The summed E-state index contributed by atoms with van der Waals surface area (Å²) in [6.07, 6.45) is -0.674. The lowest BCUT2D eigenvalue weighted by Gasteiger charge is -2.41. The van der Waals surface area contributed by atoms with Crippen molar-refractivity contribution in [3.63, 3.8) is 0 Å². The van der Waals surface area contributed by atoms with Crippen LogP contribution in [0.3, 0.4) is 0 Å². The lowest BCUT2D eigenvalue weighted by Crippen LogP contribution is -2.71. The maximum Gasteiger partial charge on any atom is 0.521 e. The minimum Gasteiger partial charge on any atom is -0.477 e. The van der Waals surface area contributed by atoms with Crippen LogP contribution in [0.5, 0.6) is 0 Å². The second-order valence-corrected chi connectivity index (χ2v) is 12.0. The zero-order valence-corrected chi connectivity index (χ0v) is 22.9. The number of sulfonamides is 1. The van der Waals surface area contributed by atoms with Crippen LogP contribution in [-0.2, 0) is 26.0 Å². The van der Waals surface area contributed by atoms with E-state index in [4.69, 9.17) is 11.1 Å². The highest BCUT2D eigenvalue weighted by molar-refractivity contribution is 7.89. The first kappa shape index (κ1) is 31.9. The number of fused-ring (bicyclic) bond motifs is 1. The quantitative estimate of drug-likeness (QED) is 0.0923. The summed E-state index contributed by atoms with van der Waals surface area (Å²) in [6, 6.07) is 1.76. The van der Waals surface area contributed by atoms with Gasteiger partial charge in [-0.15, -0.1) is 4.48 Å². The first-order valence-electron chi connectivity index (χ1n) is 12.6. The van der Waals surface area contributed by atoms with Gasteiger partial charge in [0.2, 0.25) is 16.1 Å². The Kier molecular flexibility index (Phi) is 10.4. The minimum absolute atomic E-state index is 0. The maximum absolute atomic E-state index is 14.0. The number of piperidine rings is 1. The smallest absolute Gasteiger partial charge is 0.477 e. The monoisotopic (exact) mass is 571 g/mol. The number of hydrogen-bond donors (Lipinski definition) is 7. The van der Waals surface area contributed by atoms with Gasteiger partial charge in [0.1, 0.15) is 10.9 Å². The number of nitrogens with two attached hydrogens (primary N) is 1. The molecule has 10 N–H and O–H groups in total. The van der Waals surface area contributed by atoms with Gasteiger partial charge in [0.15, 0.2) is 5.96 Å². The van der Waals surface area contributed by atoms with E-state index in [-0.39, 0.29) is 54.6 Å². The molecule has 14 nitrogen and oxygen atoms in total. The normalized spacial score (nSPS) is 25.2. The van der Waals surface area contributed by atoms with Crippen molar-refractivity contribution in [3.8, 4) is 0 Å². The minimum atomic E-state index is -4.33. The van der Waals surface area contributed by atoms with Gasteiger partial charge in [-0.2, -0.15) is 9.52 Å². The zero-order chi connectivity index (χ0) is 28.3. The van der Waals surface area contributed by atoms with Gasteiger partial charge in [0.05, 0.1) is 12.2 Å². The van der Waals surface area contributed by atoms with Crippen molar-refractivity contribution in [3.05, 3.63) is 23.8 Å². The van der Waals surface area contributed by atoms with Crippen LogP contribution in [0.2, 0.25) is 0 Å². The van der Waals surface area contributed by atoms with Gasteiger partial charge in [-0.3, -0.25) is 5.41 Å². The second kappa shape index (κ2) is 12.7. The predicted molar refractivity (Wildman–Crippen MR) is 143 cm³/mol. The number of carbonyl (C=O) groups excluding carboxylic acids is 1. The Bertz CT molecular complexity index is 1210. The number of nitrogens with zero attached hydrogens (tertiary/aromatic N) is 1. The molecule has 1 fully saturated rings. The highest BCUT2D eigenvalue weighted by Gasteiger charge is 2.59. The molecule has 2 heterocycles. The summed E-state index contributed by atoms with van der Waals surface area (Å²) in [5.41, 5.74) is 6.55. The topological polar surface area (TPSA) is 243 Å². The second-order valence-electron chi connectivity index (χ2n) is 10.3. The molecule has 2 aliphatic rings. The molecule has 39 heavy (non-hydrogen) atoms. The molecule has 2 unspecified atom stereocenters. The number of imide groups is 1. The van der Waals surface area contributed by atoms with Crippen molar-refractivity contribution in [2.24, 2.45) is 17.6 Å². The molecule has 218 valence electrons. The Hall–Kier alpha value is -3.27. The molecule has 1 aromatic carbocycles. The van der Waals surface area contributed by atoms with Crippen LogP contribution in [0.15, 0.2) is 23.1 Å². The molecule has 0 aromatic heterocycles. The van der Waals surface area contributed by atoms with E-state index < -0.39 is 44.6 Å². The van der Waals surface area contributed by atoms with Crippen molar-refractivity contribution in [2.75, 3.05) is 25.0 Å². The van der Waals surface area contributed by atoms with Gasteiger partial charge in [0, 0.05) is 25.9 Å². The first-order valence-corrected chi connectivity index (χ1v) is 14.1. The molecule has 1 aromatic rings. The number of rotatable bonds is 9. The Morgan fingerprint density at radius 2 is 1.92 bits per heavy atom. The molecule has 1 saturated heterocycles. The number of para-hydroxylation sites is 1. The maximum atomic E-state index is 14.0. The molecule has 0 spiro atoms. The van der Waals surface area contributed by atoms with Gasteiger partial charge in [-0.05, 0) is 42.7 Å². The fourth-order valence-electron chi connectivity index (χ4n) is 5.32. The van der Waals surface area contributed by atoms with Gasteiger partial charge >= 0.3 is 18.0 Å². The van der Waals surface area contributed by atoms with Gasteiger partial charge in [0.25, 0.3) is 0 Å². The first-order chi connectivity index (χ1) is 17.8. The largest absolute Gasteiger partial charge is 0.521 e. The molecule has 3 rings (SSSR count). The summed E-state index contributed by atoms with van der Waals surface area (Å²) < 4.78 is 28.3. The van der Waals surface area contributed by atoms with Gasteiger partial charge in [-0.1, -0.05) is 26.0 Å². The summed E-state index contributed by atoms with van der Waals surface area (Å²) in [4.78, 5) is 38.6. The number of amides is 2. The van der Waals surface area contributed by atoms with E-state index in [1.807, 2.05) is 13.0 Å². The van der Waals surface area contributed by atoms with Crippen LogP contribution in [-0.4, -0.2) is 84.2 Å². The predicted octanol–water partition coefficient (Wildman–Crippen LogP) is 0.281. The Balaban J connectivity index is 0.00000533. The summed E-state index contributed by atoms with van der Waals surface area (Å²) in [6.45, 7) is 4.25. The third-order valence-electron chi connectivity index (χ3n) is 7.33. The number of guanidine groups is 1. The summed E-state index contributed by atoms with van der Waals surface area (Å²) in [7, 11) is -4.33. The number of likely N-dealkylation sites (tertiary alicyclic amines) is 1. The molecule has 0 aliphatic carbocycles. The van der Waals surface area contributed by atoms with E-state index in [2.05, 4.69) is 15.4 Å². The lowest BCUT2D eigenvalue weighted by atomic mass is 9.89. The molecule has 0 radical (unpaired) electrons. The van der Waals surface area contributed by atoms with E-state index >= 15 is 0 Å². The van der Waals surface area contributed by atoms with E-state index in [1.165, 1.54) is 6.07 Å². The molecule has 2 amide bonds. The van der Waals surface area contributed by atoms with Gasteiger partial charge < -0.3 is 32.1 Å². The van der Waals surface area contributed by atoms with E-state index in [9.17, 15) is 33.0 Å². The highest BCUT2D eigenvalue weighted by atomic mass is 32.2. The van der Waals surface area contributed by atoms with Crippen molar-refractivity contribution >= 4 is 39.6 Å². The summed E-state index contributed by atoms with van der Waals surface area (Å²) >= 11 is 0. The van der Waals surface area contributed by atoms with Crippen LogP contribution < -0.4 is 21.1 Å². The number of carboxylic acids is 1. The number of carboxylic acid groups (broad SMARTS) is 2. The average Bonchev–Trinajstić information content (AvgIpc) is 2.84. The Morgan fingerprint density at radius 1 is 1.23 bits per heavy atom. The van der Waals surface area contributed by atoms with Crippen LogP contribution in [0.25, 0.3) is 0 Å². The van der Waals surface area contributed by atoms with E-state index in [0.29, 0.717) is 31.0 Å². The molecule has 2 aliphatic heterocycles. The van der Waals surface area contributed by atoms with Crippen LogP contribution in [0.1, 0.15) is 45.1 Å². The SMILES string of the molecule is CC1CNc2c(cccc2S(=O)(=O)N[C@@H](CCCNC(=N)N)C(=O)[N+]2(C(=O)O)CC[C@@H](C)C[C@@H]2C(=O)O)C1.O. The lowest BCUT2D eigenvalue weighted by molar-refractivity contribution is -0.808. The number of hydrogen-bond acceptors (Lipinski definition) is 7. The molecule has 15 heteroatoms. The number of benzene rings is 1. The number of nitrogens with one attached hydrogen (secondary N) is 4. The summed E-state index contributed by atoms with van der Waals surface area (Å²) in [5, 5.41) is 33.1. The zero-order valence-electron chi connectivity index (χ0n) is 22.1. The third kappa shape index (κ3) is 6.84. The van der Waals surface area contributed by atoms with Crippen LogP contribution in [0, 0.1) is 17.2 Å². The Morgan fingerprint density at radius 3 is 2.54 bits per heavy atom. The Labute approximate surface area is 227 Å². The fourth-order valence-corrected chi connectivity index (χ4v) is 6.77. The van der Waals surface area contributed by atoms with Crippen LogP contribution in [0.4, 0.5) is 10.5 Å². The molecular weight excluding hydrogens is 532 g/mol. The van der Waals surface area contributed by atoms with Crippen molar-refractivity contribution in [1.29, 1.82) is 5.41 Å². The number of quaternary nitrogens is 1. The molecular formula is C24H39N6O8S+. The van der Waals surface area contributed by atoms with Crippen molar-refractivity contribution < 1.29 is 43.0 Å². The summed E-state index contributed by atoms with van der Waals surface area (Å²) in [5.74, 6) is -2.59. The molecule has 5 atom stereocenters. The van der Waals surface area contributed by atoms with Crippen molar-refractivity contribution in [2.45, 2.75) is 62.9 Å². The molecule has 0 saturated carbocycles. The van der Waals surface area contributed by atoms with Gasteiger partial charge in [-0.25, -0.2) is 18.0 Å². The highest BCUT2D eigenvalue weighted by Crippen LogP contribution is 2.34. The molecule has 0 bridgehead atoms. The van der Waals surface area contributed by atoms with E-state index in [0.717, 1.165) is 5.56 Å². The number of anilines is 1. The average molecular weight is 572 g/mol. The van der Waals surface area contributed by atoms with Crippen molar-refractivity contribution in [1.82, 2.24) is 10.0 Å². The number of carbonyl (C=O) groups is 3. The van der Waals surface area contributed by atoms with Crippen LogP contribution >= 0.6 is 0 Å². The number of aliphatic carboxylic acids is 1. The third-order valence-corrected chi connectivity index (χ3v) is 8.84. The standard InChI is InChI=1S/C24H36N6O7S.H2O/c1-14-8-10-30(24(34)35,18(12-14)22(32)33)21(31)17(6-4-9-27-23(25)26)29-38(36,37)19-7-3-5-16-11-15(2)13-28-20(16)19;/h3,5,7,14-15,17-18,28-29H,4,6,8-13H2,1-2H3,(H5-,25,26,27,32,33,34,35);1H2/p+1/t14-,15?,17+,18-,30?;/m1./s1.